The van der Waals surface area contributed by atoms with Crippen LogP contribution < -0.4 is 15.4 Å². The molecule has 0 aromatic heterocycles. The Kier molecular flexibility index (Phi) is 7.06. The zero-order valence-electron chi connectivity index (χ0n) is 15.9. The highest BCUT2D eigenvalue weighted by molar-refractivity contribution is 9.10. The number of benzene rings is 2. The number of carbonyl (C=O) groups excluding carboxylic acids is 1. The summed E-state index contributed by atoms with van der Waals surface area (Å²) in [6, 6.07) is 14.7. The van der Waals surface area contributed by atoms with Crippen molar-refractivity contribution in [2.75, 3.05) is 13.2 Å². The largest absolute Gasteiger partial charge is 0.489 e. The second-order valence-electron chi connectivity index (χ2n) is 6.19. The molecule has 0 spiro atoms. The number of nitrogens with one attached hydrogen (secondary N) is 2. The lowest BCUT2D eigenvalue weighted by Gasteiger charge is -2.32. The molecule has 2 N–H and O–H groups in total. The van der Waals surface area contributed by atoms with Crippen molar-refractivity contribution in [2.45, 2.75) is 13.0 Å². The minimum atomic E-state index is -0.546. The third-order valence-electron chi connectivity index (χ3n) is 4.27. The predicted molar refractivity (Wildman–Crippen MR) is 121 cm³/mol. The molecular weight excluding hydrogens is 452 g/mol. The van der Waals surface area contributed by atoms with Gasteiger partial charge in [0.15, 0.2) is 5.11 Å². The Morgan fingerprint density at radius 1 is 1.28 bits per heavy atom. The molecule has 7 heteroatoms. The van der Waals surface area contributed by atoms with E-state index >= 15 is 0 Å². The van der Waals surface area contributed by atoms with Crippen molar-refractivity contribution >= 4 is 44.9 Å². The van der Waals surface area contributed by atoms with Gasteiger partial charge >= 0.3 is 5.97 Å². The van der Waals surface area contributed by atoms with Gasteiger partial charge in [-0.05, 0) is 42.9 Å². The molecule has 29 heavy (non-hydrogen) atoms. The molecular formula is C22H21BrN2O3S. The first-order valence-corrected chi connectivity index (χ1v) is 10.3. The molecule has 3 rings (SSSR count). The van der Waals surface area contributed by atoms with Gasteiger partial charge in [0.25, 0.3) is 0 Å². The minimum absolute atomic E-state index is 0.264. The first-order valence-electron chi connectivity index (χ1n) is 9.12. The fraction of sp³-hybridized carbons (Fsp3) is 0.182. The van der Waals surface area contributed by atoms with Gasteiger partial charge in [-0.1, -0.05) is 58.9 Å². The van der Waals surface area contributed by atoms with Crippen LogP contribution in [0.3, 0.4) is 0 Å². The van der Waals surface area contributed by atoms with Gasteiger partial charge in [-0.2, -0.15) is 0 Å². The van der Waals surface area contributed by atoms with E-state index in [4.69, 9.17) is 21.7 Å². The minimum Gasteiger partial charge on any atom is -0.489 e. The van der Waals surface area contributed by atoms with Crippen LogP contribution in [0.15, 0.2) is 71.2 Å². The summed E-state index contributed by atoms with van der Waals surface area (Å²) in [6.07, 6.45) is 1.67. The van der Waals surface area contributed by atoms with Gasteiger partial charge in [0.1, 0.15) is 12.4 Å². The Bertz CT molecular complexity index is 960. The van der Waals surface area contributed by atoms with E-state index in [0.29, 0.717) is 28.7 Å². The van der Waals surface area contributed by atoms with E-state index in [0.717, 1.165) is 15.6 Å². The van der Waals surface area contributed by atoms with Crippen molar-refractivity contribution in [3.05, 3.63) is 82.4 Å². The molecule has 2 aromatic rings. The monoisotopic (exact) mass is 472 g/mol. The van der Waals surface area contributed by atoms with Crippen molar-refractivity contribution in [2.24, 2.45) is 0 Å². The zero-order chi connectivity index (χ0) is 20.8. The van der Waals surface area contributed by atoms with E-state index in [9.17, 15) is 4.79 Å². The lowest BCUT2D eigenvalue weighted by atomic mass is 9.92. The molecule has 1 atom stereocenters. The van der Waals surface area contributed by atoms with Crippen LogP contribution in [0.4, 0.5) is 0 Å². The molecule has 0 saturated heterocycles. The summed E-state index contributed by atoms with van der Waals surface area (Å²) in [4.78, 5) is 13.0. The van der Waals surface area contributed by atoms with Crippen LogP contribution >= 0.6 is 28.1 Å². The van der Waals surface area contributed by atoms with Gasteiger partial charge in [0.05, 0.1) is 23.9 Å². The molecule has 0 fully saturated rings. The maximum atomic E-state index is 13.0. The standard InChI is InChI=1S/C22H21BrN2O3S/c1-3-12-28-17-11-10-15(23)13-16(17)20-18(21(26)27-4-2)19(24-22(29)25-20)14-8-6-5-7-9-14/h3,5-11,13,20H,1,4,12H2,2H3,(H2,24,25,29)/t20-/m1/s1. The first-order chi connectivity index (χ1) is 14.0. The van der Waals surface area contributed by atoms with Crippen LogP contribution in [-0.2, 0) is 9.53 Å². The molecule has 0 amide bonds. The number of rotatable bonds is 7. The first kappa shape index (κ1) is 21.1. The lowest BCUT2D eigenvalue weighted by Crippen LogP contribution is -2.45. The number of esters is 1. The Hall–Kier alpha value is -2.64. The average Bonchev–Trinajstić information content (AvgIpc) is 2.73. The third-order valence-corrected chi connectivity index (χ3v) is 4.98. The highest BCUT2D eigenvalue weighted by Crippen LogP contribution is 2.37. The van der Waals surface area contributed by atoms with Crippen molar-refractivity contribution in [3.63, 3.8) is 0 Å². The molecule has 0 radical (unpaired) electrons. The van der Waals surface area contributed by atoms with Crippen molar-refractivity contribution in [1.29, 1.82) is 0 Å². The van der Waals surface area contributed by atoms with E-state index in [1.165, 1.54) is 0 Å². The van der Waals surface area contributed by atoms with Gasteiger partial charge < -0.3 is 20.1 Å². The molecule has 1 aliphatic heterocycles. The van der Waals surface area contributed by atoms with Crippen molar-refractivity contribution in [1.82, 2.24) is 10.6 Å². The SMILES string of the molecule is C=CCOc1ccc(Br)cc1[C@H]1NC(=S)NC(c2ccccc2)=C1C(=O)OCC. The second-order valence-corrected chi connectivity index (χ2v) is 7.51. The lowest BCUT2D eigenvalue weighted by molar-refractivity contribution is -0.138. The van der Waals surface area contributed by atoms with Crippen LogP contribution in [0.5, 0.6) is 5.75 Å². The highest BCUT2D eigenvalue weighted by atomic mass is 79.9. The Balaban J connectivity index is 2.20. The number of halogens is 1. The highest BCUT2D eigenvalue weighted by Gasteiger charge is 2.34. The molecule has 1 heterocycles. The fourth-order valence-corrected chi connectivity index (χ4v) is 3.68. The van der Waals surface area contributed by atoms with Crippen molar-refractivity contribution < 1.29 is 14.3 Å². The summed E-state index contributed by atoms with van der Waals surface area (Å²) < 4.78 is 12.1. The number of ether oxygens (including phenoxy) is 2. The summed E-state index contributed by atoms with van der Waals surface area (Å²) in [5.74, 6) is 0.206. The fourth-order valence-electron chi connectivity index (χ4n) is 3.08. The number of carbonyl (C=O) groups is 1. The number of hydrogen-bond donors (Lipinski definition) is 2. The van der Waals surface area contributed by atoms with Crippen LogP contribution in [0.1, 0.15) is 24.1 Å². The maximum Gasteiger partial charge on any atom is 0.338 e. The summed E-state index contributed by atoms with van der Waals surface area (Å²) >= 11 is 8.96. The second kappa shape index (κ2) is 9.71. The summed E-state index contributed by atoms with van der Waals surface area (Å²) in [5, 5.41) is 6.74. The van der Waals surface area contributed by atoms with Crippen LogP contribution in [0, 0.1) is 0 Å². The number of thiocarbonyl (C=S) groups is 1. The normalized spacial score (nSPS) is 15.9. The molecule has 1 aliphatic rings. The van der Waals surface area contributed by atoms with Gasteiger partial charge in [0, 0.05) is 10.0 Å². The van der Waals surface area contributed by atoms with Crippen LogP contribution in [0.2, 0.25) is 0 Å². The molecule has 0 saturated carbocycles. The van der Waals surface area contributed by atoms with E-state index < -0.39 is 12.0 Å². The van der Waals surface area contributed by atoms with Crippen molar-refractivity contribution in [3.8, 4) is 5.75 Å². The quantitative estimate of drug-likeness (QED) is 0.351. The van der Waals surface area contributed by atoms with Gasteiger partial charge in [-0.25, -0.2) is 4.79 Å². The predicted octanol–water partition coefficient (Wildman–Crippen LogP) is 4.51. The summed E-state index contributed by atoms with van der Waals surface area (Å²) in [6.45, 7) is 6.09. The maximum absolute atomic E-state index is 13.0. The molecule has 0 unspecified atom stereocenters. The Morgan fingerprint density at radius 2 is 2.03 bits per heavy atom. The van der Waals surface area contributed by atoms with E-state index in [1.807, 2.05) is 48.5 Å². The molecule has 0 bridgehead atoms. The van der Waals surface area contributed by atoms with Gasteiger partial charge in [0.2, 0.25) is 0 Å². The summed E-state index contributed by atoms with van der Waals surface area (Å²) in [7, 11) is 0. The Morgan fingerprint density at radius 3 is 2.72 bits per heavy atom. The average molecular weight is 473 g/mol. The smallest absolute Gasteiger partial charge is 0.338 e. The Labute approximate surface area is 183 Å². The van der Waals surface area contributed by atoms with E-state index in [-0.39, 0.29) is 6.61 Å². The molecule has 0 aliphatic carbocycles. The molecule has 150 valence electrons. The molecule has 5 nitrogen and oxygen atoms in total. The summed E-state index contributed by atoms with van der Waals surface area (Å²) in [5.41, 5.74) is 2.66. The van der Waals surface area contributed by atoms with Gasteiger partial charge in [-0.15, -0.1) is 0 Å². The molecule has 2 aromatic carbocycles. The van der Waals surface area contributed by atoms with Crippen LogP contribution in [-0.4, -0.2) is 24.3 Å². The van der Waals surface area contributed by atoms with Gasteiger partial charge in [-0.3, -0.25) is 0 Å². The topological polar surface area (TPSA) is 59.6 Å². The van der Waals surface area contributed by atoms with Crippen LogP contribution in [0.25, 0.3) is 5.70 Å². The third kappa shape index (κ3) is 4.86. The van der Waals surface area contributed by atoms with E-state index in [2.05, 4.69) is 33.1 Å². The zero-order valence-corrected chi connectivity index (χ0v) is 18.3. The van der Waals surface area contributed by atoms with E-state index in [1.54, 1.807) is 13.0 Å². The number of hydrogen-bond acceptors (Lipinski definition) is 4.